The second-order valence-electron chi connectivity index (χ2n) is 3.32. The SMILES string of the molecule is CCNC(=S)NCC1CCCOC1. The van der Waals surface area contributed by atoms with E-state index in [1.165, 1.54) is 12.8 Å². The third-order valence-corrected chi connectivity index (χ3v) is 2.43. The van der Waals surface area contributed by atoms with Gasteiger partial charge in [0.15, 0.2) is 5.11 Å². The molecule has 2 N–H and O–H groups in total. The number of rotatable bonds is 3. The maximum atomic E-state index is 5.37. The lowest BCUT2D eigenvalue weighted by molar-refractivity contribution is 0.0565. The molecule has 0 aromatic heterocycles. The summed E-state index contributed by atoms with van der Waals surface area (Å²) >= 11 is 5.06. The Morgan fingerprint density at radius 1 is 1.54 bits per heavy atom. The summed E-state index contributed by atoms with van der Waals surface area (Å²) < 4.78 is 5.37. The number of thiocarbonyl (C=S) groups is 1. The van der Waals surface area contributed by atoms with Crippen molar-refractivity contribution in [3.63, 3.8) is 0 Å². The first-order valence-corrected chi connectivity index (χ1v) is 5.33. The molecule has 0 aromatic rings. The maximum absolute atomic E-state index is 5.37. The minimum Gasteiger partial charge on any atom is -0.381 e. The Hall–Kier alpha value is -0.350. The predicted molar refractivity (Wildman–Crippen MR) is 57.8 cm³/mol. The zero-order valence-corrected chi connectivity index (χ0v) is 8.95. The van der Waals surface area contributed by atoms with Gasteiger partial charge < -0.3 is 15.4 Å². The van der Waals surface area contributed by atoms with E-state index in [0.717, 1.165) is 31.4 Å². The smallest absolute Gasteiger partial charge is 0.166 e. The van der Waals surface area contributed by atoms with Gasteiger partial charge in [0.25, 0.3) is 0 Å². The van der Waals surface area contributed by atoms with Crippen molar-refractivity contribution >= 4 is 17.3 Å². The Labute approximate surface area is 85.2 Å². The van der Waals surface area contributed by atoms with Gasteiger partial charge in [0.1, 0.15) is 0 Å². The summed E-state index contributed by atoms with van der Waals surface area (Å²) in [5.41, 5.74) is 0. The first kappa shape index (κ1) is 10.7. The second kappa shape index (κ2) is 6.16. The summed E-state index contributed by atoms with van der Waals surface area (Å²) in [5.74, 6) is 0.630. The van der Waals surface area contributed by atoms with Gasteiger partial charge in [-0.05, 0) is 37.9 Å². The van der Waals surface area contributed by atoms with E-state index < -0.39 is 0 Å². The maximum Gasteiger partial charge on any atom is 0.166 e. The van der Waals surface area contributed by atoms with E-state index >= 15 is 0 Å². The molecular weight excluding hydrogens is 184 g/mol. The van der Waals surface area contributed by atoms with Crippen LogP contribution in [0.1, 0.15) is 19.8 Å². The molecule has 0 aliphatic carbocycles. The third-order valence-electron chi connectivity index (χ3n) is 2.14. The normalized spacial score (nSPS) is 22.4. The van der Waals surface area contributed by atoms with Gasteiger partial charge in [-0.2, -0.15) is 0 Å². The quantitative estimate of drug-likeness (QED) is 0.666. The summed E-state index contributed by atoms with van der Waals surface area (Å²) in [7, 11) is 0. The van der Waals surface area contributed by atoms with Gasteiger partial charge in [0.2, 0.25) is 0 Å². The molecule has 13 heavy (non-hydrogen) atoms. The number of ether oxygens (including phenoxy) is 1. The van der Waals surface area contributed by atoms with Crippen molar-refractivity contribution in [2.24, 2.45) is 5.92 Å². The minimum absolute atomic E-state index is 0.630. The molecule has 1 aliphatic heterocycles. The average Bonchev–Trinajstić information content (AvgIpc) is 2.17. The highest BCUT2D eigenvalue weighted by Gasteiger charge is 2.13. The van der Waals surface area contributed by atoms with Crippen LogP contribution in [0.25, 0.3) is 0 Å². The first-order valence-electron chi connectivity index (χ1n) is 4.92. The van der Waals surface area contributed by atoms with E-state index in [-0.39, 0.29) is 0 Å². The molecule has 1 heterocycles. The van der Waals surface area contributed by atoms with Crippen molar-refractivity contribution in [1.82, 2.24) is 10.6 Å². The van der Waals surface area contributed by atoms with Crippen LogP contribution in [0, 0.1) is 5.92 Å². The van der Waals surface area contributed by atoms with Gasteiger partial charge in [0, 0.05) is 19.7 Å². The molecule has 0 saturated carbocycles. The fraction of sp³-hybridized carbons (Fsp3) is 0.889. The monoisotopic (exact) mass is 202 g/mol. The lowest BCUT2D eigenvalue weighted by Gasteiger charge is -2.22. The highest BCUT2D eigenvalue weighted by Crippen LogP contribution is 2.11. The summed E-state index contributed by atoms with van der Waals surface area (Å²) in [6.07, 6.45) is 2.43. The fourth-order valence-electron chi connectivity index (χ4n) is 1.43. The Kier molecular flexibility index (Phi) is 5.08. The van der Waals surface area contributed by atoms with Gasteiger partial charge in [-0.3, -0.25) is 0 Å². The average molecular weight is 202 g/mol. The van der Waals surface area contributed by atoms with Crippen LogP contribution in [0.15, 0.2) is 0 Å². The fourth-order valence-corrected chi connectivity index (χ4v) is 1.66. The topological polar surface area (TPSA) is 33.3 Å². The lowest BCUT2D eigenvalue weighted by Crippen LogP contribution is -2.39. The van der Waals surface area contributed by atoms with Gasteiger partial charge in [0.05, 0.1) is 6.61 Å². The standard InChI is InChI=1S/C9H18N2OS/c1-2-10-9(13)11-6-8-4-3-5-12-7-8/h8H,2-7H2,1H3,(H2,10,11,13). The Balaban J connectivity index is 2.06. The zero-order valence-electron chi connectivity index (χ0n) is 8.14. The number of hydrogen-bond donors (Lipinski definition) is 2. The van der Waals surface area contributed by atoms with Crippen LogP contribution >= 0.6 is 12.2 Å². The Bertz CT molecular complexity index is 158. The summed E-state index contributed by atoms with van der Waals surface area (Å²) in [6.45, 7) is 5.66. The Morgan fingerprint density at radius 3 is 3.00 bits per heavy atom. The molecule has 1 atom stereocenters. The third kappa shape index (κ3) is 4.43. The van der Waals surface area contributed by atoms with Crippen LogP contribution < -0.4 is 10.6 Å². The van der Waals surface area contributed by atoms with Crippen molar-refractivity contribution in [3.8, 4) is 0 Å². The van der Waals surface area contributed by atoms with Crippen LogP contribution in [-0.2, 0) is 4.74 Å². The van der Waals surface area contributed by atoms with Crippen molar-refractivity contribution in [1.29, 1.82) is 0 Å². The van der Waals surface area contributed by atoms with Gasteiger partial charge >= 0.3 is 0 Å². The summed E-state index contributed by atoms with van der Waals surface area (Å²) in [4.78, 5) is 0. The minimum atomic E-state index is 0.630. The van der Waals surface area contributed by atoms with Crippen molar-refractivity contribution in [2.45, 2.75) is 19.8 Å². The molecule has 1 saturated heterocycles. The molecule has 0 spiro atoms. The van der Waals surface area contributed by atoms with E-state index in [1.807, 2.05) is 6.92 Å². The van der Waals surface area contributed by atoms with Gasteiger partial charge in [-0.1, -0.05) is 0 Å². The van der Waals surface area contributed by atoms with Gasteiger partial charge in [-0.25, -0.2) is 0 Å². The van der Waals surface area contributed by atoms with Gasteiger partial charge in [-0.15, -0.1) is 0 Å². The van der Waals surface area contributed by atoms with Crippen molar-refractivity contribution in [3.05, 3.63) is 0 Å². The van der Waals surface area contributed by atoms with Crippen molar-refractivity contribution in [2.75, 3.05) is 26.3 Å². The predicted octanol–water partition coefficient (Wildman–Crippen LogP) is 0.897. The molecule has 0 amide bonds. The lowest BCUT2D eigenvalue weighted by atomic mass is 10.0. The summed E-state index contributed by atoms with van der Waals surface area (Å²) in [5, 5.41) is 7.02. The van der Waals surface area contributed by atoms with E-state index in [0.29, 0.717) is 5.92 Å². The van der Waals surface area contributed by atoms with Crippen LogP contribution in [0.4, 0.5) is 0 Å². The van der Waals surface area contributed by atoms with E-state index in [2.05, 4.69) is 10.6 Å². The first-order chi connectivity index (χ1) is 6.33. The molecule has 0 aromatic carbocycles. The van der Waals surface area contributed by atoms with E-state index in [1.54, 1.807) is 0 Å². The molecule has 4 heteroatoms. The molecule has 1 fully saturated rings. The zero-order chi connectivity index (χ0) is 9.52. The highest BCUT2D eigenvalue weighted by molar-refractivity contribution is 7.80. The summed E-state index contributed by atoms with van der Waals surface area (Å²) in [6, 6.07) is 0. The van der Waals surface area contributed by atoms with Crippen LogP contribution in [0.3, 0.4) is 0 Å². The molecule has 3 nitrogen and oxygen atoms in total. The van der Waals surface area contributed by atoms with Crippen LogP contribution in [0.5, 0.6) is 0 Å². The largest absolute Gasteiger partial charge is 0.381 e. The van der Waals surface area contributed by atoms with Crippen molar-refractivity contribution < 1.29 is 4.74 Å². The molecule has 1 aliphatic rings. The second-order valence-corrected chi connectivity index (χ2v) is 3.73. The molecule has 1 rings (SSSR count). The highest BCUT2D eigenvalue weighted by atomic mass is 32.1. The van der Waals surface area contributed by atoms with E-state index in [4.69, 9.17) is 17.0 Å². The number of hydrogen-bond acceptors (Lipinski definition) is 2. The van der Waals surface area contributed by atoms with Crippen LogP contribution in [-0.4, -0.2) is 31.4 Å². The van der Waals surface area contributed by atoms with E-state index in [9.17, 15) is 0 Å². The molecular formula is C9H18N2OS. The van der Waals surface area contributed by atoms with Crippen LogP contribution in [0.2, 0.25) is 0 Å². The molecule has 76 valence electrons. The number of nitrogens with one attached hydrogen (secondary N) is 2. The molecule has 0 bridgehead atoms. The molecule has 1 unspecified atom stereocenters. The Morgan fingerprint density at radius 2 is 2.38 bits per heavy atom. The molecule has 0 radical (unpaired) electrons.